The fraction of sp³-hybridized carbons (Fsp3) is 0.429. The van der Waals surface area contributed by atoms with Gasteiger partial charge < -0.3 is 29.8 Å². The summed E-state index contributed by atoms with van der Waals surface area (Å²) in [6, 6.07) is 11.4. The highest BCUT2D eigenvalue weighted by atomic mass is 35.7. The number of H-pyrrole nitrogens is 1. The molecule has 0 aromatic carbocycles. The van der Waals surface area contributed by atoms with Crippen molar-refractivity contribution in [3.05, 3.63) is 53.4 Å². The lowest BCUT2D eigenvalue weighted by atomic mass is 10.5. The van der Waals surface area contributed by atoms with E-state index in [-0.39, 0.29) is 30.5 Å². The third-order valence-corrected chi connectivity index (χ3v) is 7.84. The van der Waals surface area contributed by atoms with Gasteiger partial charge in [0.2, 0.25) is 0 Å². The minimum Gasteiger partial charge on any atom is -0.460 e. The second-order valence-electron chi connectivity index (χ2n) is 5.19. The van der Waals surface area contributed by atoms with Crippen molar-refractivity contribution >= 4 is 123 Å². The van der Waals surface area contributed by atoms with E-state index in [4.69, 9.17) is 61.4 Å². The van der Waals surface area contributed by atoms with Crippen LogP contribution < -0.4 is 0 Å². The smallest absolute Gasteiger partial charge is 0.382 e. The van der Waals surface area contributed by atoms with Gasteiger partial charge in [-0.25, -0.2) is 14.6 Å². The van der Waals surface area contributed by atoms with Gasteiger partial charge in [0.25, 0.3) is 0 Å². The van der Waals surface area contributed by atoms with Gasteiger partial charge in [-0.1, -0.05) is 45.9 Å². The van der Waals surface area contributed by atoms with Gasteiger partial charge in [0, 0.05) is 40.4 Å². The number of carbonyl (C=O) groups excluding carboxylic acids is 2. The van der Waals surface area contributed by atoms with Gasteiger partial charge in [0.05, 0.1) is 50.4 Å². The summed E-state index contributed by atoms with van der Waals surface area (Å²) in [5.41, 5.74) is 0. The van der Waals surface area contributed by atoms with Crippen LogP contribution in [0.1, 0.15) is 0 Å². The maximum absolute atomic E-state index is 10.3. The van der Waals surface area contributed by atoms with Gasteiger partial charge in [0.15, 0.2) is 0 Å². The molecule has 4 N–H and O–H groups in total. The summed E-state index contributed by atoms with van der Waals surface area (Å²) in [6.45, 7) is 0.502. The molecule has 0 aliphatic heterocycles. The Bertz CT molecular complexity index is 811. The molecule has 0 aliphatic carbocycles. The molecule has 0 radical (unpaired) electrons. The Kier molecular flexibility index (Phi) is 51.7. The van der Waals surface area contributed by atoms with Crippen molar-refractivity contribution < 1.29 is 34.4 Å². The predicted octanol–water partition coefficient (Wildman–Crippen LogP) is 7.65. The summed E-state index contributed by atoms with van der Waals surface area (Å²) in [6.07, 6.45) is 3.57. The second kappa shape index (κ2) is 43.8. The number of nitrogens with zero attached hydrogens (tertiary/aromatic N) is 1. The zero-order valence-corrected chi connectivity index (χ0v) is 29.6. The number of thiol groups is 1. The number of alkyl halides is 2. The molecule has 0 amide bonds. The highest BCUT2D eigenvalue weighted by Gasteiger charge is 1.98. The summed E-state index contributed by atoms with van der Waals surface area (Å²) >= 11 is 18.0. The molecular formula is C21H33Cl3N2O7S7. The normalized spacial score (nSPS) is 8.62. The number of pyridine rings is 2. The summed E-state index contributed by atoms with van der Waals surface area (Å²) < 4.78 is 9.19. The molecule has 0 spiro atoms. The molecule has 2 rings (SSSR count). The van der Waals surface area contributed by atoms with Crippen LogP contribution in [0, 0.1) is 4.64 Å². The lowest BCUT2D eigenvalue weighted by Crippen LogP contribution is -1.89. The molecule has 9 nitrogen and oxygen atoms in total. The molecule has 2 aromatic rings. The second-order valence-corrected chi connectivity index (χ2v) is 12.6. The van der Waals surface area contributed by atoms with Gasteiger partial charge in [-0.05, 0) is 45.7 Å². The number of hydrogen-bond acceptors (Lipinski definition) is 15. The Hall–Kier alpha value is 0.310. The maximum atomic E-state index is 10.3. The first-order chi connectivity index (χ1) is 19.3. The number of ether oxygens (including phenoxy) is 2. The van der Waals surface area contributed by atoms with Crippen molar-refractivity contribution in [2.75, 3.05) is 56.6 Å². The van der Waals surface area contributed by atoms with Crippen molar-refractivity contribution in [1.82, 2.24) is 9.97 Å². The zero-order valence-electron chi connectivity index (χ0n) is 21.5. The number of rotatable bonds is 8. The molecule has 40 heavy (non-hydrogen) atoms. The number of nitrogens with one attached hydrogen (secondary N) is 1. The van der Waals surface area contributed by atoms with Crippen molar-refractivity contribution in [1.29, 1.82) is 0 Å². The molecular weight excluding hydrogens is 723 g/mol. The van der Waals surface area contributed by atoms with E-state index in [0.717, 1.165) is 26.2 Å². The first-order valence-electron chi connectivity index (χ1n) is 10.4. The van der Waals surface area contributed by atoms with Crippen molar-refractivity contribution in [3.8, 4) is 0 Å². The lowest BCUT2D eigenvalue weighted by molar-refractivity contribution is 0.200. The van der Waals surface area contributed by atoms with E-state index in [1.165, 1.54) is 25.0 Å². The average Bonchev–Trinajstić information content (AvgIpc) is 2.99. The number of aromatic amines is 1. The zero-order chi connectivity index (χ0) is 31.3. The molecule has 2 heterocycles. The minimum absolute atomic E-state index is 0.0919. The molecule has 0 saturated heterocycles. The van der Waals surface area contributed by atoms with E-state index < -0.39 is 5.30 Å². The Morgan fingerprint density at radius 3 is 1.85 bits per heavy atom. The van der Waals surface area contributed by atoms with Gasteiger partial charge in [-0.15, -0.1) is 23.2 Å². The number of aliphatic hydroxyl groups is 3. The van der Waals surface area contributed by atoms with E-state index >= 15 is 0 Å². The third kappa shape index (κ3) is 48.1. The Balaban J connectivity index is -0.000000204. The highest BCUT2D eigenvalue weighted by Crippen LogP contribution is 2.28. The molecule has 0 atom stereocenters. The minimum atomic E-state index is -0.475. The number of aliphatic hydroxyl groups excluding tert-OH is 3. The van der Waals surface area contributed by atoms with Gasteiger partial charge in [-0.3, -0.25) is 0 Å². The van der Waals surface area contributed by atoms with Gasteiger partial charge in [-0.2, -0.15) is 12.6 Å². The van der Waals surface area contributed by atoms with Gasteiger partial charge >= 0.3 is 10.6 Å². The number of methoxy groups -OCH3 is 2. The van der Waals surface area contributed by atoms with E-state index in [1.807, 2.05) is 42.6 Å². The number of carbonyl (C=O) groups is 2. The predicted molar refractivity (Wildman–Crippen MR) is 184 cm³/mol. The van der Waals surface area contributed by atoms with Crippen LogP contribution in [0.2, 0.25) is 0 Å². The monoisotopic (exact) mass is 754 g/mol. The molecule has 0 fully saturated rings. The van der Waals surface area contributed by atoms with Crippen LogP contribution in [0.25, 0.3) is 0 Å². The van der Waals surface area contributed by atoms with Crippen LogP contribution in [-0.2, 0) is 9.47 Å². The molecule has 0 saturated carbocycles. The highest BCUT2D eigenvalue weighted by molar-refractivity contribution is 8.82. The van der Waals surface area contributed by atoms with Crippen LogP contribution in [-0.4, -0.2) is 92.5 Å². The molecule has 232 valence electrons. The van der Waals surface area contributed by atoms with Gasteiger partial charge in [0.1, 0.15) is 9.67 Å². The summed E-state index contributed by atoms with van der Waals surface area (Å²) in [7, 11) is 13.5. The number of aromatic nitrogens is 2. The summed E-state index contributed by atoms with van der Waals surface area (Å²) in [5, 5.41) is 24.9. The Labute approximate surface area is 280 Å². The number of hydrogen-bond donors (Lipinski definition) is 5. The van der Waals surface area contributed by atoms with E-state index in [2.05, 4.69) is 32.1 Å². The standard InChI is InChI=1S/C7H9NOS2.C5H5NS.C4H8O3S2.C2H3ClO2S.C2H6OS.CH2Cl2/c9-5-6-10-11-7-3-1-2-4-8-7;7-5-3-1-2-4-6-5;1-7-4(6)9-8-3-2-5;1-5-2(4)6-3;3-1-2-4;2-1-3/h1-4,9H,5-6H2;1-4H,(H,6,7);5H,2-3H2,1H3;1H3;3-4H,1-2H2;1H2. The molecule has 0 unspecified atom stereocenters. The van der Waals surface area contributed by atoms with Crippen molar-refractivity contribution in [2.45, 2.75) is 5.03 Å². The van der Waals surface area contributed by atoms with Crippen molar-refractivity contribution in [3.63, 3.8) is 0 Å². The lowest BCUT2D eigenvalue weighted by Gasteiger charge is -1.95. The number of halogens is 3. The summed E-state index contributed by atoms with van der Waals surface area (Å²) in [5.74, 6) is 1.88. The van der Waals surface area contributed by atoms with Crippen LogP contribution in [0.15, 0.2) is 53.8 Å². The SMILES string of the molecule is COC(=O)SCl.COC(=O)SSCCO.ClCCl.OCCS.OCCSSc1ccccn1.S=c1cccc[nH]1. The molecule has 0 aliphatic rings. The van der Waals surface area contributed by atoms with Crippen LogP contribution in [0.4, 0.5) is 9.59 Å². The fourth-order valence-corrected chi connectivity index (χ4v) is 4.44. The van der Waals surface area contributed by atoms with Crippen LogP contribution >= 0.6 is 113 Å². The van der Waals surface area contributed by atoms with Crippen LogP contribution in [0.5, 0.6) is 0 Å². The van der Waals surface area contributed by atoms with Crippen LogP contribution in [0.3, 0.4) is 0 Å². The van der Waals surface area contributed by atoms with E-state index in [0.29, 0.717) is 22.5 Å². The first kappa shape index (κ1) is 47.2. The fourth-order valence-electron chi connectivity index (χ4n) is 1.11. The molecule has 19 heteroatoms. The Morgan fingerprint density at radius 1 is 0.975 bits per heavy atom. The topological polar surface area (TPSA) is 142 Å². The van der Waals surface area contributed by atoms with E-state index in [9.17, 15) is 9.59 Å². The quantitative estimate of drug-likeness (QED) is 0.0450. The third-order valence-electron chi connectivity index (χ3n) is 2.44. The summed E-state index contributed by atoms with van der Waals surface area (Å²) in [4.78, 5) is 27.1. The average molecular weight is 756 g/mol. The molecule has 0 bridgehead atoms. The van der Waals surface area contributed by atoms with E-state index in [1.54, 1.807) is 27.8 Å². The van der Waals surface area contributed by atoms with Crippen molar-refractivity contribution in [2.24, 2.45) is 0 Å². The Morgan fingerprint density at radius 2 is 1.52 bits per heavy atom. The maximum Gasteiger partial charge on any atom is 0.382 e. The largest absolute Gasteiger partial charge is 0.460 e. The first-order valence-corrected chi connectivity index (χ1v) is 18.8. The molecule has 2 aromatic heterocycles.